The molecule has 1 amide bonds. The maximum absolute atomic E-state index is 13.0. The van der Waals surface area contributed by atoms with Crippen LogP contribution in [0.2, 0.25) is 0 Å². The van der Waals surface area contributed by atoms with E-state index in [4.69, 9.17) is 4.74 Å². The Labute approximate surface area is 201 Å². The highest BCUT2D eigenvalue weighted by Gasteiger charge is 2.29. The molecule has 5 aromatic rings. The first-order valence-electron chi connectivity index (χ1n) is 11.6. The van der Waals surface area contributed by atoms with Crippen LogP contribution in [0.3, 0.4) is 0 Å². The molecule has 6 rings (SSSR count). The number of anilines is 2. The monoisotopic (exact) mass is 467 g/mol. The summed E-state index contributed by atoms with van der Waals surface area (Å²) < 4.78 is 5.60. The molecular weight excluding hydrogens is 442 g/mol. The van der Waals surface area contributed by atoms with Crippen LogP contribution < -0.4 is 15.4 Å². The molecule has 1 aliphatic carbocycles. The van der Waals surface area contributed by atoms with Gasteiger partial charge in [0.2, 0.25) is 5.91 Å². The lowest BCUT2D eigenvalue weighted by molar-refractivity contribution is -0.125. The van der Waals surface area contributed by atoms with E-state index in [1.165, 1.54) is 0 Å². The average Bonchev–Trinajstić information content (AvgIpc) is 3.51. The number of rotatable bonds is 6. The molecule has 0 radical (unpaired) electrons. The minimum absolute atomic E-state index is 0.0762. The van der Waals surface area contributed by atoms with Gasteiger partial charge in [0.15, 0.2) is 0 Å². The summed E-state index contributed by atoms with van der Waals surface area (Å²) in [6, 6.07) is 13.9. The summed E-state index contributed by atoms with van der Waals surface area (Å²) >= 11 is 0. The van der Waals surface area contributed by atoms with Gasteiger partial charge in [0, 0.05) is 29.6 Å². The van der Waals surface area contributed by atoms with Crippen LogP contribution in [0, 0.1) is 5.92 Å². The molecule has 4 N–H and O–H groups in total. The SMILES string of the molecule is COc1cc2[nH]ncc2cc1Nc1ncnc2[nH]c3c(c12)CC(C(=O)NCc1ccccc1)CC3. The van der Waals surface area contributed by atoms with Crippen molar-refractivity contribution in [2.75, 3.05) is 12.4 Å². The fourth-order valence-corrected chi connectivity index (χ4v) is 4.85. The number of hydrogen-bond donors (Lipinski definition) is 4. The number of benzene rings is 2. The number of aryl methyl sites for hydroxylation is 1. The minimum atomic E-state index is -0.102. The van der Waals surface area contributed by atoms with Gasteiger partial charge in [0.25, 0.3) is 0 Å². The number of nitrogens with zero attached hydrogens (tertiary/aromatic N) is 3. The van der Waals surface area contributed by atoms with Crippen molar-refractivity contribution in [2.45, 2.75) is 25.8 Å². The third kappa shape index (κ3) is 3.95. The van der Waals surface area contributed by atoms with Crippen LogP contribution in [0.5, 0.6) is 5.75 Å². The van der Waals surface area contributed by atoms with Gasteiger partial charge in [-0.15, -0.1) is 0 Å². The van der Waals surface area contributed by atoms with Crippen LogP contribution in [-0.4, -0.2) is 38.2 Å². The molecule has 1 atom stereocenters. The Morgan fingerprint density at radius 3 is 2.94 bits per heavy atom. The van der Waals surface area contributed by atoms with Crippen LogP contribution >= 0.6 is 0 Å². The molecule has 0 spiro atoms. The van der Waals surface area contributed by atoms with Crippen LogP contribution in [0.1, 0.15) is 23.2 Å². The third-order valence-electron chi connectivity index (χ3n) is 6.67. The number of carbonyl (C=O) groups excluding carboxylic acids is 1. The van der Waals surface area contributed by atoms with Crippen molar-refractivity contribution in [3.8, 4) is 5.75 Å². The Morgan fingerprint density at radius 1 is 1.20 bits per heavy atom. The second-order valence-corrected chi connectivity index (χ2v) is 8.81. The number of aromatic amines is 2. The van der Waals surface area contributed by atoms with E-state index in [0.717, 1.165) is 57.3 Å². The van der Waals surface area contributed by atoms with E-state index in [1.807, 2.05) is 42.5 Å². The highest BCUT2D eigenvalue weighted by Crippen LogP contribution is 2.37. The number of aromatic nitrogens is 5. The number of carbonyl (C=O) groups is 1. The topological polar surface area (TPSA) is 121 Å². The maximum atomic E-state index is 13.0. The van der Waals surface area contributed by atoms with Gasteiger partial charge in [-0.25, -0.2) is 9.97 Å². The molecule has 1 aliphatic rings. The van der Waals surface area contributed by atoms with Crippen molar-refractivity contribution in [1.29, 1.82) is 0 Å². The lowest BCUT2D eigenvalue weighted by atomic mass is 9.86. The van der Waals surface area contributed by atoms with Gasteiger partial charge < -0.3 is 20.4 Å². The van der Waals surface area contributed by atoms with E-state index in [1.54, 1.807) is 19.6 Å². The van der Waals surface area contributed by atoms with Crippen LogP contribution in [-0.2, 0) is 24.2 Å². The Balaban J connectivity index is 1.29. The van der Waals surface area contributed by atoms with Crippen molar-refractivity contribution in [3.05, 3.63) is 71.8 Å². The largest absolute Gasteiger partial charge is 0.494 e. The van der Waals surface area contributed by atoms with Gasteiger partial charge in [0.1, 0.15) is 23.5 Å². The number of nitrogens with one attached hydrogen (secondary N) is 4. The second-order valence-electron chi connectivity index (χ2n) is 8.81. The van der Waals surface area contributed by atoms with Crippen molar-refractivity contribution in [1.82, 2.24) is 30.5 Å². The lowest BCUT2D eigenvalue weighted by Gasteiger charge is -2.22. The molecule has 9 heteroatoms. The number of ether oxygens (including phenoxy) is 1. The smallest absolute Gasteiger partial charge is 0.223 e. The van der Waals surface area contributed by atoms with Crippen molar-refractivity contribution in [2.24, 2.45) is 5.92 Å². The lowest BCUT2D eigenvalue weighted by Crippen LogP contribution is -2.33. The number of amides is 1. The number of methoxy groups -OCH3 is 1. The minimum Gasteiger partial charge on any atom is -0.494 e. The predicted molar refractivity (Wildman–Crippen MR) is 134 cm³/mol. The van der Waals surface area contributed by atoms with Crippen molar-refractivity contribution in [3.63, 3.8) is 0 Å². The summed E-state index contributed by atoms with van der Waals surface area (Å²) in [6.45, 7) is 0.531. The Kier molecular flexibility index (Phi) is 5.29. The standard InChI is InChI=1S/C26H25N7O2/c1-35-22-11-20-17(13-30-33-20)10-21(22)32-25-23-18-9-16(7-8-19(18)31-24(23)28-14-29-25)26(34)27-12-15-5-3-2-4-6-15/h2-6,10-11,13-14,16H,7-9,12H2,1H3,(H,27,34)(H,30,33)(H2,28,29,31,32). The van der Waals surface area contributed by atoms with Crippen molar-refractivity contribution >= 4 is 39.3 Å². The average molecular weight is 468 g/mol. The molecular formula is C26H25N7O2. The Bertz CT molecular complexity index is 1520. The van der Waals surface area contributed by atoms with Gasteiger partial charge >= 0.3 is 0 Å². The van der Waals surface area contributed by atoms with Gasteiger partial charge in [-0.05, 0) is 36.5 Å². The fraction of sp³-hybridized carbons (Fsp3) is 0.231. The van der Waals surface area contributed by atoms with Gasteiger partial charge in [-0.1, -0.05) is 30.3 Å². The van der Waals surface area contributed by atoms with Crippen LogP contribution in [0.15, 0.2) is 55.0 Å². The molecule has 0 bridgehead atoms. The molecule has 176 valence electrons. The molecule has 9 nitrogen and oxygen atoms in total. The fourth-order valence-electron chi connectivity index (χ4n) is 4.85. The molecule has 35 heavy (non-hydrogen) atoms. The van der Waals surface area contributed by atoms with E-state index < -0.39 is 0 Å². The Hall–Kier alpha value is -4.40. The van der Waals surface area contributed by atoms with Gasteiger partial charge in [-0.3, -0.25) is 9.89 Å². The van der Waals surface area contributed by atoms with E-state index >= 15 is 0 Å². The third-order valence-corrected chi connectivity index (χ3v) is 6.67. The quantitative estimate of drug-likeness (QED) is 0.300. The summed E-state index contributed by atoms with van der Waals surface area (Å²) in [4.78, 5) is 25.5. The summed E-state index contributed by atoms with van der Waals surface area (Å²) in [5, 5.41) is 15.5. The molecule has 0 fully saturated rings. The highest BCUT2D eigenvalue weighted by atomic mass is 16.5. The second kappa shape index (κ2) is 8.75. The number of fused-ring (bicyclic) bond motifs is 4. The predicted octanol–water partition coefficient (Wildman–Crippen LogP) is 4.01. The van der Waals surface area contributed by atoms with Gasteiger partial charge in [0.05, 0.1) is 29.9 Å². The van der Waals surface area contributed by atoms with Crippen molar-refractivity contribution < 1.29 is 9.53 Å². The highest BCUT2D eigenvalue weighted by molar-refractivity contribution is 5.96. The number of H-pyrrole nitrogens is 2. The van der Waals surface area contributed by atoms with E-state index in [2.05, 4.69) is 35.8 Å². The summed E-state index contributed by atoms with van der Waals surface area (Å²) in [6.07, 6.45) is 5.53. The zero-order chi connectivity index (χ0) is 23.8. The van der Waals surface area contributed by atoms with Crippen LogP contribution in [0.25, 0.3) is 21.9 Å². The summed E-state index contributed by atoms with van der Waals surface area (Å²) in [5.41, 5.74) is 5.74. The molecule has 3 aromatic heterocycles. The molecule has 0 saturated heterocycles. The molecule has 1 unspecified atom stereocenters. The van der Waals surface area contributed by atoms with E-state index in [9.17, 15) is 4.79 Å². The normalized spacial score (nSPS) is 15.2. The van der Waals surface area contributed by atoms with E-state index in [0.29, 0.717) is 24.5 Å². The molecule has 0 aliphatic heterocycles. The zero-order valence-electron chi connectivity index (χ0n) is 19.3. The first-order valence-corrected chi connectivity index (χ1v) is 11.6. The van der Waals surface area contributed by atoms with Crippen LogP contribution in [0.4, 0.5) is 11.5 Å². The van der Waals surface area contributed by atoms with E-state index in [-0.39, 0.29) is 11.8 Å². The summed E-state index contributed by atoms with van der Waals surface area (Å²) in [5.74, 6) is 1.33. The summed E-state index contributed by atoms with van der Waals surface area (Å²) in [7, 11) is 1.63. The molecule has 2 aromatic carbocycles. The van der Waals surface area contributed by atoms with Gasteiger partial charge in [-0.2, -0.15) is 5.10 Å². The first-order chi connectivity index (χ1) is 17.2. The molecule has 3 heterocycles. The zero-order valence-corrected chi connectivity index (χ0v) is 19.3. The number of hydrogen-bond acceptors (Lipinski definition) is 6. The molecule has 0 saturated carbocycles. The first kappa shape index (κ1) is 21.2. The maximum Gasteiger partial charge on any atom is 0.223 e. The Morgan fingerprint density at radius 2 is 2.09 bits per heavy atom.